The van der Waals surface area contributed by atoms with Gasteiger partial charge in [-0.1, -0.05) is 48.0 Å². The molecular formula is C29H31ClN6O4. The molecule has 40 heavy (non-hydrogen) atoms. The molecule has 0 saturated carbocycles. The third kappa shape index (κ3) is 4.36. The van der Waals surface area contributed by atoms with Crippen molar-refractivity contribution in [2.24, 2.45) is 0 Å². The fraction of sp³-hybridized carbons (Fsp3) is 0.379. The minimum Gasteiger partial charge on any atom is -0.489 e. The number of fused-ring (bicyclic) bond motifs is 4. The normalized spacial score (nSPS) is 18.5. The van der Waals surface area contributed by atoms with Gasteiger partial charge in [-0.25, -0.2) is 9.48 Å². The number of ether oxygens (including phenoxy) is 1. The van der Waals surface area contributed by atoms with Crippen LogP contribution in [-0.2, 0) is 30.7 Å². The molecule has 3 aromatic rings. The van der Waals surface area contributed by atoms with Gasteiger partial charge in [0.25, 0.3) is 11.8 Å². The van der Waals surface area contributed by atoms with Crippen LogP contribution < -0.4 is 9.64 Å². The summed E-state index contributed by atoms with van der Waals surface area (Å²) < 4.78 is 7.83. The quantitative estimate of drug-likeness (QED) is 0.489. The van der Waals surface area contributed by atoms with E-state index in [0.29, 0.717) is 61.2 Å². The second kappa shape index (κ2) is 10.2. The van der Waals surface area contributed by atoms with Crippen molar-refractivity contribution in [2.45, 2.75) is 32.0 Å². The largest absolute Gasteiger partial charge is 0.489 e. The Labute approximate surface area is 237 Å². The Bertz CT molecular complexity index is 1500. The second-order valence-electron chi connectivity index (χ2n) is 10.6. The summed E-state index contributed by atoms with van der Waals surface area (Å²) in [6, 6.07) is 12.8. The first-order valence-corrected chi connectivity index (χ1v) is 13.7. The van der Waals surface area contributed by atoms with Crippen molar-refractivity contribution in [3.63, 3.8) is 0 Å². The summed E-state index contributed by atoms with van der Waals surface area (Å²) in [5.41, 5.74) is 4.71. The van der Waals surface area contributed by atoms with E-state index in [4.69, 9.17) is 16.3 Å². The standard InChI is InChI=1S/C29H31ClN6O4/c1-32(2)29(39)34-13-11-20-19(16-34)9-10-23-25(20)33(3)27(37)22(17-40-23)35-14-12-21-24(28(35)38)31-36(26(21)30)15-18-7-5-4-6-8-18/h4-10,22H,11-17H2,1-3H3/t22-/m0/s1. The first kappa shape index (κ1) is 26.2. The van der Waals surface area contributed by atoms with Crippen molar-refractivity contribution in [3.8, 4) is 5.75 Å². The van der Waals surface area contributed by atoms with Gasteiger partial charge in [0.2, 0.25) is 0 Å². The third-order valence-corrected chi connectivity index (χ3v) is 8.36. The molecule has 0 fully saturated rings. The molecule has 4 heterocycles. The predicted molar refractivity (Wildman–Crippen MR) is 150 cm³/mol. The SMILES string of the molecule is CN(C)C(=O)N1CCc2c(ccc3c2N(C)C(=O)[C@@H](N2CCc4c(nn(Cc5ccccc5)c4Cl)C2=O)CO3)C1. The monoisotopic (exact) mass is 562 g/mol. The van der Waals surface area contributed by atoms with E-state index in [1.165, 1.54) is 0 Å². The summed E-state index contributed by atoms with van der Waals surface area (Å²) in [5, 5.41) is 5.01. The van der Waals surface area contributed by atoms with E-state index in [0.717, 1.165) is 16.7 Å². The highest BCUT2D eigenvalue weighted by molar-refractivity contribution is 6.31. The fourth-order valence-corrected chi connectivity index (χ4v) is 6.12. The van der Waals surface area contributed by atoms with Crippen LogP contribution in [0.25, 0.3) is 0 Å². The van der Waals surface area contributed by atoms with Crippen LogP contribution in [0.2, 0.25) is 5.15 Å². The Morgan fingerprint density at radius 1 is 1.07 bits per heavy atom. The molecule has 4 amide bonds. The van der Waals surface area contributed by atoms with Crippen LogP contribution in [0, 0.1) is 0 Å². The van der Waals surface area contributed by atoms with Gasteiger partial charge in [0.1, 0.15) is 23.6 Å². The first-order valence-electron chi connectivity index (χ1n) is 13.4. The molecule has 3 aliphatic rings. The Balaban J connectivity index is 1.25. The average Bonchev–Trinajstić information content (AvgIpc) is 3.21. The second-order valence-corrected chi connectivity index (χ2v) is 11.0. The zero-order valence-corrected chi connectivity index (χ0v) is 23.5. The minimum absolute atomic E-state index is 0.0414. The van der Waals surface area contributed by atoms with E-state index < -0.39 is 6.04 Å². The highest BCUT2D eigenvalue weighted by Crippen LogP contribution is 2.40. The highest BCUT2D eigenvalue weighted by Gasteiger charge is 2.42. The molecule has 0 N–H and O–H groups in total. The maximum Gasteiger partial charge on any atom is 0.319 e. The van der Waals surface area contributed by atoms with Gasteiger partial charge in [-0.2, -0.15) is 5.10 Å². The van der Waals surface area contributed by atoms with E-state index >= 15 is 0 Å². The number of nitrogens with zero attached hydrogens (tertiary/aromatic N) is 6. The van der Waals surface area contributed by atoms with Gasteiger partial charge in [-0.05, 0) is 35.6 Å². The molecule has 0 spiro atoms. The van der Waals surface area contributed by atoms with Crippen LogP contribution in [-0.4, -0.2) is 89.2 Å². The zero-order chi connectivity index (χ0) is 28.1. The maximum absolute atomic E-state index is 13.9. The smallest absolute Gasteiger partial charge is 0.319 e. The van der Waals surface area contributed by atoms with Crippen molar-refractivity contribution in [1.29, 1.82) is 0 Å². The molecule has 1 aromatic heterocycles. The molecule has 2 aromatic carbocycles. The van der Waals surface area contributed by atoms with Crippen molar-refractivity contribution in [3.05, 3.63) is 75.6 Å². The van der Waals surface area contributed by atoms with Gasteiger partial charge in [0, 0.05) is 46.3 Å². The number of likely N-dealkylation sites (N-methyl/N-ethyl adjacent to an activating group) is 1. The summed E-state index contributed by atoms with van der Waals surface area (Å²) in [7, 11) is 5.20. The molecule has 1 atom stereocenters. The lowest BCUT2D eigenvalue weighted by Gasteiger charge is -2.34. The third-order valence-electron chi connectivity index (χ3n) is 7.94. The Hall–Kier alpha value is -4.05. The highest BCUT2D eigenvalue weighted by atomic mass is 35.5. The molecule has 0 saturated heterocycles. The van der Waals surface area contributed by atoms with E-state index in [1.807, 2.05) is 42.5 Å². The predicted octanol–water partition coefficient (Wildman–Crippen LogP) is 3.05. The van der Waals surface area contributed by atoms with Crippen molar-refractivity contribution >= 4 is 35.1 Å². The van der Waals surface area contributed by atoms with Crippen molar-refractivity contribution < 1.29 is 19.1 Å². The van der Waals surface area contributed by atoms with Crippen LogP contribution in [0.4, 0.5) is 10.5 Å². The first-order chi connectivity index (χ1) is 19.2. The molecule has 0 aliphatic carbocycles. The number of rotatable bonds is 3. The van der Waals surface area contributed by atoms with Crippen molar-refractivity contribution in [1.82, 2.24) is 24.5 Å². The Kier molecular flexibility index (Phi) is 6.66. The van der Waals surface area contributed by atoms with Crippen LogP contribution in [0.3, 0.4) is 0 Å². The maximum atomic E-state index is 13.9. The van der Waals surface area contributed by atoms with Gasteiger partial charge < -0.3 is 24.3 Å². The summed E-state index contributed by atoms with van der Waals surface area (Å²) in [6.45, 7) is 1.84. The number of urea groups is 1. The number of halogens is 1. The van der Waals surface area contributed by atoms with Crippen LogP contribution in [0.1, 0.15) is 32.7 Å². The molecule has 10 nitrogen and oxygen atoms in total. The van der Waals surface area contributed by atoms with E-state index in [1.54, 1.807) is 45.4 Å². The number of amides is 4. The number of aromatic nitrogens is 2. The minimum atomic E-state index is -0.804. The molecule has 0 unspecified atom stereocenters. The topological polar surface area (TPSA) is 91.2 Å². The fourth-order valence-electron chi connectivity index (χ4n) is 5.84. The molecule has 3 aliphatic heterocycles. The van der Waals surface area contributed by atoms with Crippen molar-refractivity contribution in [2.75, 3.05) is 45.7 Å². The zero-order valence-electron chi connectivity index (χ0n) is 22.8. The van der Waals surface area contributed by atoms with Gasteiger partial charge in [-0.3, -0.25) is 9.59 Å². The number of benzene rings is 2. The van der Waals surface area contributed by atoms with E-state index in [9.17, 15) is 14.4 Å². The van der Waals surface area contributed by atoms with E-state index in [2.05, 4.69) is 5.10 Å². The summed E-state index contributed by atoms with van der Waals surface area (Å²) in [4.78, 5) is 46.6. The number of hydrogen-bond acceptors (Lipinski definition) is 5. The molecule has 0 bridgehead atoms. The number of carbonyl (C=O) groups is 3. The molecule has 11 heteroatoms. The summed E-state index contributed by atoms with van der Waals surface area (Å²) in [5.74, 6) is 0.0616. The lowest BCUT2D eigenvalue weighted by molar-refractivity contribution is -0.123. The van der Waals surface area contributed by atoms with Crippen LogP contribution >= 0.6 is 11.6 Å². The molecule has 6 rings (SSSR count). The lowest BCUT2D eigenvalue weighted by atomic mass is 9.96. The summed E-state index contributed by atoms with van der Waals surface area (Å²) >= 11 is 6.65. The van der Waals surface area contributed by atoms with Gasteiger partial charge in [0.05, 0.1) is 12.2 Å². The number of hydrogen-bond donors (Lipinski definition) is 0. The van der Waals surface area contributed by atoms with Gasteiger partial charge in [-0.15, -0.1) is 0 Å². The Morgan fingerprint density at radius 3 is 2.58 bits per heavy atom. The van der Waals surface area contributed by atoms with Gasteiger partial charge in [0.15, 0.2) is 5.69 Å². The molecule has 0 radical (unpaired) electrons. The molecular weight excluding hydrogens is 532 g/mol. The summed E-state index contributed by atoms with van der Waals surface area (Å²) in [6.07, 6.45) is 1.10. The lowest BCUT2D eigenvalue weighted by Crippen LogP contribution is -2.54. The average molecular weight is 563 g/mol. The number of anilines is 1. The Morgan fingerprint density at radius 2 is 1.82 bits per heavy atom. The van der Waals surface area contributed by atoms with E-state index in [-0.39, 0.29) is 30.1 Å². The van der Waals surface area contributed by atoms with Gasteiger partial charge >= 0.3 is 6.03 Å². The van der Waals surface area contributed by atoms with Crippen LogP contribution in [0.5, 0.6) is 5.75 Å². The van der Waals surface area contributed by atoms with Crippen LogP contribution in [0.15, 0.2) is 42.5 Å². The molecule has 208 valence electrons. The number of carbonyl (C=O) groups excluding carboxylic acids is 3.